The number of allylic oxidation sites excluding steroid dienone is 1. The van der Waals surface area contributed by atoms with Gasteiger partial charge in [0, 0.05) is 23.1 Å². The summed E-state index contributed by atoms with van der Waals surface area (Å²) in [4.78, 5) is 12.3. The molecule has 5 nitrogen and oxygen atoms in total. The van der Waals surface area contributed by atoms with Gasteiger partial charge in [0.15, 0.2) is 0 Å². The van der Waals surface area contributed by atoms with Gasteiger partial charge in [-0.3, -0.25) is 4.79 Å². The van der Waals surface area contributed by atoms with Gasteiger partial charge in [-0.15, -0.1) is 0 Å². The minimum Gasteiger partial charge on any atom is -0.360 e. The van der Waals surface area contributed by atoms with Crippen molar-refractivity contribution in [2.45, 2.75) is 13.8 Å². The molecule has 0 radical (unpaired) electrons. The third-order valence-electron chi connectivity index (χ3n) is 3.25. The third kappa shape index (κ3) is 4.46. The fourth-order valence-electron chi connectivity index (χ4n) is 2.21. The van der Waals surface area contributed by atoms with Crippen LogP contribution in [0, 0.1) is 36.5 Å². The lowest BCUT2D eigenvalue weighted by Crippen LogP contribution is -2.12. The van der Waals surface area contributed by atoms with E-state index in [2.05, 4.69) is 10.6 Å². The van der Waals surface area contributed by atoms with E-state index in [1.165, 1.54) is 6.20 Å². The van der Waals surface area contributed by atoms with Crippen molar-refractivity contribution in [1.29, 1.82) is 10.5 Å². The predicted octanol–water partition coefficient (Wildman–Crippen LogP) is 3.90. The number of aryl methyl sites for hydroxylation is 2. The van der Waals surface area contributed by atoms with Crippen LogP contribution in [0.5, 0.6) is 0 Å². The minimum atomic E-state index is -0.197. The maximum atomic E-state index is 12.3. The van der Waals surface area contributed by atoms with Gasteiger partial charge in [-0.25, -0.2) is 0 Å². The number of hydrogen-bond acceptors (Lipinski definition) is 4. The molecular weight excluding hydrogens is 300 g/mol. The highest BCUT2D eigenvalue weighted by molar-refractivity contribution is 6.04. The van der Waals surface area contributed by atoms with E-state index in [0.717, 1.165) is 16.8 Å². The number of carbonyl (C=O) groups is 1. The van der Waals surface area contributed by atoms with Crippen molar-refractivity contribution >= 4 is 17.3 Å². The fourth-order valence-corrected chi connectivity index (χ4v) is 2.21. The molecule has 2 N–H and O–H groups in total. The van der Waals surface area contributed by atoms with Gasteiger partial charge in [-0.2, -0.15) is 10.5 Å². The second kappa shape index (κ2) is 7.62. The molecule has 0 bridgehead atoms. The van der Waals surface area contributed by atoms with Crippen molar-refractivity contribution in [2.75, 3.05) is 10.6 Å². The first-order valence-electron chi connectivity index (χ1n) is 7.28. The van der Waals surface area contributed by atoms with Crippen LogP contribution in [0.15, 0.2) is 54.2 Å². The first-order valence-corrected chi connectivity index (χ1v) is 7.28. The molecule has 2 aromatic rings. The maximum absolute atomic E-state index is 12.3. The minimum absolute atomic E-state index is 0.0216. The van der Waals surface area contributed by atoms with E-state index in [0.29, 0.717) is 11.3 Å². The number of hydrogen-bond donors (Lipinski definition) is 2. The average molecular weight is 316 g/mol. The summed E-state index contributed by atoms with van der Waals surface area (Å²) in [7, 11) is 0. The van der Waals surface area contributed by atoms with Gasteiger partial charge in [0.25, 0.3) is 5.91 Å². The lowest BCUT2D eigenvalue weighted by molar-refractivity contribution is 0.102. The van der Waals surface area contributed by atoms with E-state index in [9.17, 15) is 4.79 Å². The standard InChI is InChI=1S/C19H16N4O/c1-13-7-14(2)9-18(8-13)23-19(24)16-3-5-17(6-4-16)22-12-15(10-20)11-21/h3-9,12,22H,1-2H3,(H,23,24). The van der Waals surface area contributed by atoms with Crippen molar-refractivity contribution in [3.8, 4) is 12.1 Å². The number of nitrogens with zero attached hydrogens (tertiary/aromatic N) is 2. The number of amides is 1. The van der Waals surface area contributed by atoms with Crippen LogP contribution >= 0.6 is 0 Å². The molecule has 0 aliphatic carbocycles. The normalized spacial score (nSPS) is 9.33. The number of anilines is 2. The van der Waals surface area contributed by atoms with Crippen LogP contribution < -0.4 is 10.6 Å². The van der Waals surface area contributed by atoms with Crippen LogP contribution in [0.4, 0.5) is 11.4 Å². The molecule has 2 rings (SSSR count). The van der Waals surface area contributed by atoms with E-state index >= 15 is 0 Å². The molecule has 1 amide bonds. The number of nitriles is 2. The lowest BCUT2D eigenvalue weighted by Gasteiger charge is -2.08. The zero-order valence-electron chi connectivity index (χ0n) is 13.4. The molecule has 5 heteroatoms. The van der Waals surface area contributed by atoms with Gasteiger partial charge >= 0.3 is 0 Å². The Morgan fingerprint density at radius 3 is 2.08 bits per heavy atom. The number of rotatable bonds is 4. The molecule has 0 aliphatic heterocycles. The number of carbonyl (C=O) groups excluding carboxylic acids is 1. The Kier molecular flexibility index (Phi) is 5.33. The topological polar surface area (TPSA) is 88.7 Å². The Bertz CT molecular complexity index is 831. The fraction of sp³-hybridized carbons (Fsp3) is 0.105. The Hall–Kier alpha value is -3.57. The Morgan fingerprint density at radius 1 is 0.958 bits per heavy atom. The van der Waals surface area contributed by atoms with Crippen LogP contribution in [0.1, 0.15) is 21.5 Å². The molecule has 118 valence electrons. The number of nitrogens with one attached hydrogen (secondary N) is 2. The second-order valence-corrected chi connectivity index (χ2v) is 5.33. The Labute approximate surface area is 140 Å². The molecule has 2 aromatic carbocycles. The molecule has 0 fully saturated rings. The molecule has 0 aromatic heterocycles. The summed E-state index contributed by atoms with van der Waals surface area (Å²) in [5.41, 5.74) is 4.11. The van der Waals surface area contributed by atoms with E-state index < -0.39 is 0 Å². The molecule has 0 aliphatic rings. The molecule has 0 saturated heterocycles. The summed E-state index contributed by atoms with van der Waals surface area (Å²) in [6.07, 6.45) is 1.32. The van der Waals surface area contributed by atoms with Gasteiger partial charge in [0.1, 0.15) is 17.7 Å². The van der Waals surface area contributed by atoms with Crippen LogP contribution in [0.3, 0.4) is 0 Å². The van der Waals surface area contributed by atoms with Gasteiger partial charge in [0.2, 0.25) is 0 Å². The van der Waals surface area contributed by atoms with Crippen LogP contribution in [0.2, 0.25) is 0 Å². The predicted molar refractivity (Wildman–Crippen MR) is 93.2 cm³/mol. The van der Waals surface area contributed by atoms with E-state index in [-0.39, 0.29) is 11.5 Å². The van der Waals surface area contributed by atoms with Crippen LogP contribution in [-0.4, -0.2) is 5.91 Å². The first kappa shape index (κ1) is 16.8. The summed E-state index contributed by atoms with van der Waals surface area (Å²) in [5, 5.41) is 23.0. The average Bonchev–Trinajstić information content (AvgIpc) is 2.55. The molecule has 0 spiro atoms. The van der Waals surface area contributed by atoms with Gasteiger partial charge in [-0.1, -0.05) is 6.07 Å². The lowest BCUT2D eigenvalue weighted by atomic mass is 10.1. The number of benzene rings is 2. The summed E-state index contributed by atoms with van der Waals surface area (Å²) in [6.45, 7) is 3.96. The van der Waals surface area contributed by atoms with E-state index in [1.54, 1.807) is 36.4 Å². The summed E-state index contributed by atoms with van der Waals surface area (Å²) >= 11 is 0. The van der Waals surface area contributed by atoms with E-state index in [4.69, 9.17) is 10.5 Å². The molecule has 0 saturated carbocycles. The van der Waals surface area contributed by atoms with E-state index in [1.807, 2.05) is 32.0 Å². The van der Waals surface area contributed by atoms with Gasteiger partial charge < -0.3 is 10.6 Å². The third-order valence-corrected chi connectivity index (χ3v) is 3.25. The Balaban J connectivity index is 2.07. The van der Waals surface area contributed by atoms with Crippen molar-refractivity contribution < 1.29 is 4.79 Å². The zero-order valence-corrected chi connectivity index (χ0v) is 13.4. The SMILES string of the molecule is Cc1cc(C)cc(NC(=O)c2ccc(NC=C(C#N)C#N)cc2)c1. The zero-order chi connectivity index (χ0) is 17.5. The quantitative estimate of drug-likeness (QED) is 0.837. The van der Waals surface area contributed by atoms with Gasteiger partial charge in [0.05, 0.1) is 0 Å². The molecular formula is C19H16N4O. The van der Waals surface area contributed by atoms with Crippen LogP contribution in [0.25, 0.3) is 0 Å². The molecule has 0 heterocycles. The highest BCUT2D eigenvalue weighted by atomic mass is 16.1. The largest absolute Gasteiger partial charge is 0.360 e. The molecule has 0 atom stereocenters. The van der Waals surface area contributed by atoms with Crippen molar-refractivity contribution in [3.63, 3.8) is 0 Å². The highest BCUT2D eigenvalue weighted by Gasteiger charge is 2.06. The van der Waals surface area contributed by atoms with Crippen molar-refractivity contribution in [1.82, 2.24) is 0 Å². The molecule has 24 heavy (non-hydrogen) atoms. The van der Waals surface area contributed by atoms with Gasteiger partial charge in [-0.05, 0) is 61.4 Å². The van der Waals surface area contributed by atoms with Crippen molar-refractivity contribution in [3.05, 3.63) is 70.9 Å². The summed E-state index contributed by atoms with van der Waals surface area (Å²) in [5.74, 6) is -0.197. The smallest absolute Gasteiger partial charge is 0.255 e. The second-order valence-electron chi connectivity index (χ2n) is 5.33. The van der Waals surface area contributed by atoms with Crippen molar-refractivity contribution in [2.24, 2.45) is 0 Å². The Morgan fingerprint density at radius 2 is 1.54 bits per heavy atom. The monoisotopic (exact) mass is 316 g/mol. The van der Waals surface area contributed by atoms with Crippen LogP contribution in [-0.2, 0) is 0 Å². The summed E-state index contributed by atoms with van der Waals surface area (Å²) < 4.78 is 0. The first-order chi connectivity index (χ1) is 11.5. The summed E-state index contributed by atoms with van der Waals surface area (Å²) in [6, 6.07) is 16.2. The molecule has 0 unspecified atom stereocenters. The highest BCUT2D eigenvalue weighted by Crippen LogP contribution is 2.16. The maximum Gasteiger partial charge on any atom is 0.255 e.